The Bertz CT molecular complexity index is 2530. The van der Waals surface area contributed by atoms with Crippen molar-refractivity contribution in [2.45, 2.75) is 94.9 Å². The van der Waals surface area contributed by atoms with E-state index in [1.165, 1.54) is 12.1 Å². The lowest BCUT2D eigenvalue weighted by Gasteiger charge is -2.35. The quantitative estimate of drug-likeness (QED) is 0.0341. The van der Waals surface area contributed by atoms with Gasteiger partial charge in [-0.1, -0.05) is 54.6 Å². The number of carbonyl (C=O) groups excluding carboxylic acids is 2. The van der Waals surface area contributed by atoms with E-state index in [4.69, 9.17) is 9.47 Å². The number of rotatable bonds is 18. The highest BCUT2D eigenvalue weighted by atomic mass is 28.4. The first-order valence-corrected chi connectivity index (χ1v) is 25.4. The third-order valence-electron chi connectivity index (χ3n) is 13.1. The lowest BCUT2D eigenvalue weighted by atomic mass is 9.82. The number of nitrogens with one attached hydrogen (secondary N) is 1. The first-order chi connectivity index (χ1) is 31.3. The van der Waals surface area contributed by atoms with Gasteiger partial charge in [-0.2, -0.15) is 0 Å². The Balaban J connectivity index is 1.10. The van der Waals surface area contributed by atoms with Crippen LogP contribution < -0.4 is 19.9 Å². The number of carbonyl (C=O) groups is 2. The number of aryl methyl sites for hydroxylation is 1. The molecule has 0 bridgehead atoms. The number of aliphatic hydroxyl groups is 2. The molecule has 342 valence electrons. The molecule has 4 N–H and O–H groups in total. The molecule has 3 aliphatic rings. The van der Waals surface area contributed by atoms with Gasteiger partial charge in [-0.15, -0.1) is 5.10 Å². The molecule has 0 aliphatic carbocycles. The molecule has 6 atom stereocenters. The number of aromatic nitrogens is 3. The molecule has 1 spiro atoms. The van der Waals surface area contributed by atoms with Crippen LogP contribution in [0.2, 0.25) is 18.6 Å². The van der Waals surface area contributed by atoms with E-state index in [0.29, 0.717) is 79.3 Å². The molecule has 8 rings (SSSR count). The molecule has 4 aromatic carbocycles. The Labute approximate surface area is 379 Å². The molecule has 65 heavy (non-hydrogen) atoms. The third-order valence-corrected chi connectivity index (χ3v) is 15.7. The first-order valence-electron chi connectivity index (χ1n) is 22.4. The van der Waals surface area contributed by atoms with Crippen LogP contribution in [0.25, 0.3) is 0 Å². The highest BCUT2D eigenvalue weighted by Crippen LogP contribution is 2.60. The van der Waals surface area contributed by atoms with Crippen molar-refractivity contribution in [3.8, 4) is 5.75 Å². The molecule has 3 aliphatic heterocycles. The molecule has 0 radical (unpaired) electrons. The van der Waals surface area contributed by atoms with E-state index >= 15 is 4.79 Å². The summed E-state index contributed by atoms with van der Waals surface area (Å²) in [5, 5.41) is 44.0. The number of nitrogens with zero attached hydrogens (tertiary/aromatic N) is 6. The molecular formula is C48H57N7O9Si. The predicted octanol–water partition coefficient (Wildman–Crippen LogP) is 6.10. The lowest BCUT2D eigenvalue weighted by molar-refractivity contribution is -0.385. The van der Waals surface area contributed by atoms with Crippen molar-refractivity contribution < 1.29 is 39.0 Å². The maximum atomic E-state index is 15.3. The Morgan fingerprint density at radius 2 is 1.80 bits per heavy atom. The van der Waals surface area contributed by atoms with Gasteiger partial charge in [0.1, 0.15) is 5.75 Å². The van der Waals surface area contributed by atoms with Gasteiger partial charge in [0.15, 0.2) is 13.9 Å². The molecule has 1 saturated heterocycles. The number of amides is 2. The number of anilines is 3. The zero-order valence-electron chi connectivity index (χ0n) is 37.2. The number of ether oxygens (including phenoxy) is 2. The van der Waals surface area contributed by atoms with Gasteiger partial charge < -0.3 is 34.7 Å². The number of hydrogen-bond donors (Lipinski definition) is 4. The first kappa shape index (κ1) is 45.7. The summed E-state index contributed by atoms with van der Waals surface area (Å²) in [6.07, 6.45) is 3.32. The molecule has 4 heterocycles. The molecule has 1 fully saturated rings. The van der Waals surface area contributed by atoms with E-state index in [9.17, 15) is 29.9 Å². The van der Waals surface area contributed by atoms with Crippen LogP contribution in [0.1, 0.15) is 67.0 Å². The Morgan fingerprint density at radius 1 is 1.02 bits per heavy atom. The average Bonchev–Trinajstić information content (AvgIpc) is 3.95. The van der Waals surface area contributed by atoms with Crippen molar-refractivity contribution >= 4 is 42.9 Å². The maximum Gasteiger partial charge on any atom is 0.269 e. The molecule has 2 amide bonds. The van der Waals surface area contributed by atoms with E-state index in [2.05, 4.69) is 15.6 Å². The van der Waals surface area contributed by atoms with Gasteiger partial charge in [0.05, 0.1) is 59.8 Å². The number of nitro benzene ring substituents is 1. The molecule has 1 aromatic heterocycles. The zero-order chi connectivity index (χ0) is 46.0. The maximum absolute atomic E-state index is 15.3. The van der Waals surface area contributed by atoms with Crippen LogP contribution in [0.15, 0.2) is 97.2 Å². The van der Waals surface area contributed by atoms with Crippen LogP contribution in [0.5, 0.6) is 5.75 Å². The monoisotopic (exact) mass is 903 g/mol. The van der Waals surface area contributed by atoms with Crippen LogP contribution >= 0.6 is 0 Å². The van der Waals surface area contributed by atoms with Crippen molar-refractivity contribution in [2.24, 2.45) is 5.92 Å². The lowest BCUT2D eigenvalue weighted by Crippen LogP contribution is -2.49. The van der Waals surface area contributed by atoms with E-state index in [1.54, 1.807) is 26.7 Å². The van der Waals surface area contributed by atoms with Crippen molar-refractivity contribution in [2.75, 3.05) is 36.2 Å². The van der Waals surface area contributed by atoms with Gasteiger partial charge in [0, 0.05) is 54.2 Å². The number of fused-ring (bicyclic) bond motifs is 3. The molecule has 17 heteroatoms. The van der Waals surface area contributed by atoms with Gasteiger partial charge in [0.2, 0.25) is 5.91 Å². The molecule has 5 aromatic rings. The summed E-state index contributed by atoms with van der Waals surface area (Å²) in [5.41, 5.74) is 3.07. The van der Waals surface area contributed by atoms with Gasteiger partial charge in [-0.25, -0.2) is 0 Å². The number of non-ortho nitro benzene ring substituents is 1. The van der Waals surface area contributed by atoms with Gasteiger partial charge in [-0.3, -0.25) is 29.3 Å². The number of nitro groups is 1. The average molecular weight is 904 g/mol. The summed E-state index contributed by atoms with van der Waals surface area (Å²) < 4.78 is 14.5. The van der Waals surface area contributed by atoms with Crippen LogP contribution in [-0.4, -0.2) is 93.6 Å². The number of benzene rings is 4. The smallest absolute Gasteiger partial charge is 0.269 e. The second kappa shape index (κ2) is 19.0. The van der Waals surface area contributed by atoms with Crippen LogP contribution in [0.4, 0.5) is 22.7 Å². The van der Waals surface area contributed by atoms with Gasteiger partial charge >= 0.3 is 0 Å². The van der Waals surface area contributed by atoms with Crippen molar-refractivity contribution in [1.82, 2.24) is 20.3 Å². The number of hydrogen-bond acceptors (Lipinski definition) is 12. The van der Waals surface area contributed by atoms with Gasteiger partial charge in [-0.05, 0) is 105 Å². The van der Waals surface area contributed by atoms with Gasteiger partial charge in [0.25, 0.3) is 11.6 Å². The normalized spacial score (nSPS) is 22.1. The molecule has 16 nitrogen and oxygen atoms in total. The summed E-state index contributed by atoms with van der Waals surface area (Å²) in [7, 11) is -3.09. The number of aliphatic hydroxyl groups excluding tert-OH is 2. The standard InChI is InChI=1S/C48H57N7O9Si/c1-5-63-37-17-19-42-34(25-37)26-40(49-21-9-10-23-56)46(58)54(42)35-15-11-12-32(24-35)28-53-43-18-16-36(55(60)61)27-39(43)48(47(53)59)31(2)45(65(3,4)62)44(64-48)20-22-52-29-41(50-51-52)38(30-57)33-13-7-6-8-14-33/h6-8,11-19,24-25,27,29,31,38,40,44-45,49,56-57,62H,5,9-10,20-23,26,28,30H2,1-4H3/t31-,38?,40?,44+,45-,48+/m0/s1. The third kappa shape index (κ3) is 8.83. The SMILES string of the molecule is CCOc1ccc2c(c1)CC(NCCCCO)C(=O)N2c1cccc(CN2C(=O)[C@]3(O[C@H](CCn4cc(C(CO)c5ccccc5)nn4)[C@@H]([Si](C)(C)O)[C@@H]3C)c3cc([N+](=O)[O-])ccc32)c1. The highest BCUT2D eigenvalue weighted by molar-refractivity contribution is 6.71. The Kier molecular flexibility index (Phi) is 13.3. The minimum Gasteiger partial charge on any atom is -0.494 e. The fourth-order valence-corrected chi connectivity index (χ4v) is 12.8. The summed E-state index contributed by atoms with van der Waals surface area (Å²) in [4.78, 5) is 56.6. The van der Waals surface area contributed by atoms with E-state index < -0.39 is 42.4 Å². The zero-order valence-corrected chi connectivity index (χ0v) is 38.2. The second-order valence-electron chi connectivity index (χ2n) is 17.8. The summed E-state index contributed by atoms with van der Waals surface area (Å²) in [6, 6.07) is 26.6. The highest BCUT2D eigenvalue weighted by Gasteiger charge is 2.66. The van der Waals surface area contributed by atoms with Crippen molar-refractivity contribution in [3.05, 3.63) is 135 Å². The summed E-state index contributed by atoms with van der Waals surface area (Å²) in [5.74, 6) is -0.754. The topological polar surface area (TPSA) is 206 Å². The van der Waals surface area contributed by atoms with Crippen LogP contribution in [-0.2, 0) is 39.4 Å². The van der Waals surface area contributed by atoms with Crippen molar-refractivity contribution in [3.63, 3.8) is 0 Å². The predicted molar refractivity (Wildman–Crippen MR) is 246 cm³/mol. The minimum atomic E-state index is -3.09. The van der Waals surface area contributed by atoms with E-state index in [-0.39, 0.29) is 43.2 Å². The molecular weight excluding hydrogens is 847 g/mol. The van der Waals surface area contributed by atoms with Crippen LogP contribution in [0, 0.1) is 16.0 Å². The summed E-state index contributed by atoms with van der Waals surface area (Å²) in [6.45, 7) is 8.84. The molecule has 2 unspecified atom stereocenters. The largest absolute Gasteiger partial charge is 0.494 e. The Morgan fingerprint density at radius 3 is 2.52 bits per heavy atom. The second-order valence-corrected chi connectivity index (χ2v) is 21.7. The fourth-order valence-electron chi connectivity index (χ4n) is 10.2. The minimum absolute atomic E-state index is 0.0702. The molecule has 0 saturated carbocycles. The van der Waals surface area contributed by atoms with E-state index in [1.807, 2.05) is 99.7 Å². The summed E-state index contributed by atoms with van der Waals surface area (Å²) >= 11 is 0. The van der Waals surface area contributed by atoms with Crippen LogP contribution in [0.3, 0.4) is 0 Å². The number of unbranched alkanes of at least 4 members (excludes halogenated alkanes) is 1. The fraction of sp³-hybridized carbons (Fsp3) is 0.417. The Hall–Kier alpha value is -5.82. The van der Waals surface area contributed by atoms with E-state index in [0.717, 1.165) is 16.8 Å². The van der Waals surface area contributed by atoms with Crippen molar-refractivity contribution in [1.29, 1.82) is 0 Å².